The molecule has 2 aromatic heterocycles. The standard InChI is InChI=1S/C18H20N4O/c1-12(2)22-17-15(11-21-22)8-16(10-19-17)18(23)20-9-14-6-4-13(3)5-7-14/h4-8,10-12H,9H2,1-3H3,(H,20,23). The molecule has 0 spiro atoms. The predicted octanol–water partition coefficient (Wildman–Crippen LogP) is 3.25. The summed E-state index contributed by atoms with van der Waals surface area (Å²) in [5.74, 6) is -0.128. The van der Waals surface area contributed by atoms with Crippen LogP contribution in [-0.2, 0) is 6.54 Å². The Kier molecular flexibility index (Phi) is 4.10. The van der Waals surface area contributed by atoms with Crippen LogP contribution in [0.2, 0.25) is 0 Å². The molecule has 1 amide bonds. The van der Waals surface area contributed by atoms with Gasteiger partial charge in [0.05, 0.1) is 11.8 Å². The van der Waals surface area contributed by atoms with Gasteiger partial charge in [-0.1, -0.05) is 29.8 Å². The van der Waals surface area contributed by atoms with E-state index in [4.69, 9.17) is 0 Å². The van der Waals surface area contributed by atoms with Crippen molar-refractivity contribution in [3.63, 3.8) is 0 Å². The molecule has 3 aromatic rings. The van der Waals surface area contributed by atoms with Crippen molar-refractivity contribution in [2.75, 3.05) is 0 Å². The molecule has 1 N–H and O–H groups in total. The molecular weight excluding hydrogens is 288 g/mol. The van der Waals surface area contributed by atoms with Crippen LogP contribution in [0.5, 0.6) is 0 Å². The van der Waals surface area contributed by atoms with Gasteiger partial charge in [-0.05, 0) is 32.4 Å². The molecule has 0 radical (unpaired) electrons. The van der Waals surface area contributed by atoms with E-state index in [1.165, 1.54) is 5.56 Å². The third-order valence-electron chi connectivity index (χ3n) is 3.76. The fourth-order valence-electron chi connectivity index (χ4n) is 2.43. The van der Waals surface area contributed by atoms with Gasteiger partial charge >= 0.3 is 0 Å². The minimum Gasteiger partial charge on any atom is -0.348 e. The van der Waals surface area contributed by atoms with Crippen LogP contribution >= 0.6 is 0 Å². The summed E-state index contributed by atoms with van der Waals surface area (Å²) >= 11 is 0. The van der Waals surface area contributed by atoms with Crippen LogP contribution in [0.4, 0.5) is 0 Å². The number of nitrogens with one attached hydrogen (secondary N) is 1. The average molecular weight is 308 g/mol. The summed E-state index contributed by atoms with van der Waals surface area (Å²) < 4.78 is 1.85. The number of carbonyl (C=O) groups is 1. The van der Waals surface area contributed by atoms with E-state index >= 15 is 0 Å². The zero-order valence-electron chi connectivity index (χ0n) is 13.6. The lowest BCUT2D eigenvalue weighted by atomic mass is 10.1. The highest BCUT2D eigenvalue weighted by molar-refractivity contribution is 5.96. The fraction of sp³-hybridized carbons (Fsp3) is 0.278. The van der Waals surface area contributed by atoms with Crippen LogP contribution in [0.25, 0.3) is 11.0 Å². The third kappa shape index (κ3) is 3.23. The summed E-state index contributed by atoms with van der Waals surface area (Å²) in [6.07, 6.45) is 3.35. The quantitative estimate of drug-likeness (QED) is 0.805. The molecule has 0 saturated heterocycles. The molecule has 0 aliphatic carbocycles. The van der Waals surface area contributed by atoms with Crippen molar-refractivity contribution < 1.29 is 4.79 Å². The fourth-order valence-corrected chi connectivity index (χ4v) is 2.43. The highest BCUT2D eigenvalue weighted by Crippen LogP contribution is 2.16. The zero-order valence-corrected chi connectivity index (χ0v) is 13.6. The molecule has 0 aliphatic heterocycles. The van der Waals surface area contributed by atoms with E-state index in [2.05, 4.69) is 29.2 Å². The van der Waals surface area contributed by atoms with E-state index in [0.717, 1.165) is 16.6 Å². The Morgan fingerprint density at radius 3 is 2.65 bits per heavy atom. The number of hydrogen-bond acceptors (Lipinski definition) is 3. The van der Waals surface area contributed by atoms with Gasteiger partial charge in [-0.3, -0.25) is 4.79 Å². The van der Waals surface area contributed by atoms with Gasteiger partial charge in [0, 0.05) is 24.2 Å². The van der Waals surface area contributed by atoms with Gasteiger partial charge in [-0.2, -0.15) is 5.10 Å². The summed E-state index contributed by atoms with van der Waals surface area (Å²) in [6.45, 7) is 6.65. The smallest absolute Gasteiger partial charge is 0.253 e. The number of hydrogen-bond donors (Lipinski definition) is 1. The second-order valence-corrected chi connectivity index (χ2v) is 5.99. The number of aromatic nitrogens is 3. The van der Waals surface area contributed by atoms with Crippen LogP contribution < -0.4 is 5.32 Å². The first-order valence-electron chi connectivity index (χ1n) is 7.71. The molecule has 0 bridgehead atoms. The highest BCUT2D eigenvalue weighted by atomic mass is 16.1. The van der Waals surface area contributed by atoms with Crippen LogP contribution in [0.1, 0.15) is 41.4 Å². The summed E-state index contributed by atoms with van der Waals surface area (Å²) in [4.78, 5) is 16.7. The molecule has 23 heavy (non-hydrogen) atoms. The van der Waals surface area contributed by atoms with Gasteiger partial charge in [0.1, 0.15) is 0 Å². The first-order valence-corrected chi connectivity index (χ1v) is 7.71. The summed E-state index contributed by atoms with van der Waals surface area (Å²) in [7, 11) is 0. The Bertz CT molecular complexity index is 834. The van der Waals surface area contributed by atoms with Crippen molar-refractivity contribution in [1.82, 2.24) is 20.1 Å². The van der Waals surface area contributed by atoms with Gasteiger partial charge in [-0.15, -0.1) is 0 Å². The number of benzene rings is 1. The maximum absolute atomic E-state index is 12.3. The minimum atomic E-state index is -0.128. The molecular formula is C18H20N4O. The monoisotopic (exact) mass is 308 g/mol. The number of pyridine rings is 1. The van der Waals surface area contributed by atoms with Gasteiger partial charge in [0.2, 0.25) is 0 Å². The van der Waals surface area contributed by atoms with E-state index in [9.17, 15) is 4.79 Å². The van der Waals surface area contributed by atoms with Gasteiger partial charge in [-0.25, -0.2) is 9.67 Å². The van der Waals surface area contributed by atoms with Crippen molar-refractivity contribution in [3.8, 4) is 0 Å². The molecule has 0 fully saturated rings. The minimum absolute atomic E-state index is 0.128. The summed E-state index contributed by atoms with van der Waals surface area (Å²) in [5.41, 5.74) is 3.63. The highest BCUT2D eigenvalue weighted by Gasteiger charge is 2.11. The summed E-state index contributed by atoms with van der Waals surface area (Å²) in [5, 5.41) is 8.12. The molecule has 0 saturated carbocycles. The lowest BCUT2D eigenvalue weighted by molar-refractivity contribution is 0.0950. The second-order valence-electron chi connectivity index (χ2n) is 5.99. The maximum Gasteiger partial charge on any atom is 0.253 e. The van der Waals surface area contributed by atoms with Crippen LogP contribution in [0, 0.1) is 6.92 Å². The molecule has 5 heteroatoms. The largest absolute Gasteiger partial charge is 0.348 e. The van der Waals surface area contributed by atoms with E-state index in [1.54, 1.807) is 12.4 Å². The third-order valence-corrected chi connectivity index (χ3v) is 3.76. The number of fused-ring (bicyclic) bond motifs is 1. The number of rotatable bonds is 4. The molecule has 3 rings (SSSR count). The first-order chi connectivity index (χ1) is 11.0. The van der Waals surface area contributed by atoms with Crippen molar-refractivity contribution in [3.05, 3.63) is 59.4 Å². The van der Waals surface area contributed by atoms with Gasteiger partial charge < -0.3 is 5.32 Å². The normalized spacial score (nSPS) is 11.1. The Labute approximate surface area is 135 Å². The zero-order chi connectivity index (χ0) is 16.4. The van der Waals surface area contributed by atoms with Crippen LogP contribution in [-0.4, -0.2) is 20.7 Å². The number of nitrogens with zero attached hydrogens (tertiary/aromatic N) is 3. The SMILES string of the molecule is Cc1ccc(CNC(=O)c2cnc3c(cnn3C(C)C)c2)cc1. The van der Waals surface area contributed by atoms with Crippen molar-refractivity contribution in [2.45, 2.75) is 33.4 Å². The van der Waals surface area contributed by atoms with Crippen LogP contribution in [0.15, 0.2) is 42.7 Å². The lowest BCUT2D eigenvalue weighted by Gasteiger charge is -2.07. The first kappa shape index (κ1) is 15.2. The lowest BCUT2D eigenvalue weighted by Crippen LogP contribution is -2.22. The Morgan fingerprint density at radius 2 is 1.96 bits per heavy atom. The molecule has 0 aliphatic rings. The van der Waals surface area contributed by atoms with Gasteiger partial charge in [0.25, 0.3) is 5.91 Å². The molecule has 2 heterocycles. The molecule has 0 unspecified atom stereocenters. The topological polar surface area (TPSA) is 59.8 Å². The molecule has 0 atom stereocenters. The van der Waals surface area contributed by atoms with E-state index in [1.807, 2.05) is 41.9 Å². The number of carbonyl (C=O) groups excluding carboxylic acids is 1. The van der Waals surface area contributed by atoms with E-state index in [0.29, 0.717) is 12.1 Å². The number of amides is 1. The van der Waals surface area contributed by atoms with Crippen molar-refractivity contribution >= 4 is 16.9 Å². The Balaban J connectivity index is 1.74. The molecule has 1 aromatic carbocycles. The van der Waals surface area contributed by atoms with Crippen LogP contribution in [0.3, 0.4) is 0 Å². The van der Waals surface area contributed by atoms with E-state index in [-0.39, 0.29) is 11.9 Å². The molecule has 5 nitrogen and oxygen atoms in total. The Hall–Kier alpha value is -2.69. The van der Waals surface area contributed by atoms with Gasteiger partial charge in [0.15, 0.2) is 5.65 Å². The summed E-state index contributed by atoms with van der Waals surface area (Å²) in [6, 6.07) is 10.2. The Morgan fingerprint density at radius 1 is 1.22 bits per heavy atom. The van der Waals surface area contributed by atoms with Crippen molar-refractivity contribution in [2.24, 2.45) is 0 Å². The predicted molar refractivity (Wildman–Crippen MR) is 90.3 cm³/mol. The average Bonchev–Trinajstić information content (AvgIpc) is 2.97. The maximum atomic E-state index is 12.3. The van der Waals surface area contributed by atoms with Crippen molar-refractivity contribution in [1.29, 1.82) is 0 Å². The second kappa shape index (κ2) is 6.20. The number of aryl methyl sites for hydroxylation is 1. The molecule has 118 valence electrons. The van der Waals surface area contributed by atoms with E-state index < -0.39 is 0 Å².